The molecule has 2 amide bonds. The number of carbonyl (C=O) groups excluding carboxylic acids is 2. The molecule has 212 valence electrons. The van der Waals surface area contributed by atoms with Crippen molar-refractivity contribution in [3.05, 3.63) is 112 Å². The first-order chi connectivity index (χ1) is 20.5. The number of aromatic nitrogens is 3. The number of hydrogen-bond acceptors (Lipinski definition) is 7. The summed E-state index contributed by atoms with van der Waals surface area (Å²) in [5.74, 6) is 0.984. The lowest BCUT2D eigenvalue weighted by atomic mass is 10.0. The van der Waals surface area contributed by atoms with Gasteiger partial charge in [0.05, 0.1) is 41.7 Å². The highest BCUT2D eigenvalue weighted by Gasteiger charge is 2.37. The lowest BCUT2D eigenvalue weighted by molar-refractivity contribution is -0.123. The molecule has 0 aliphatic carbocycles. The van der Waals surface area contributed by atoms with Crippen LogP contribution >= 0.6 is 34.7 Å². The van der Waals surface area contributed by atoms with Crippen LogP contribution in [0.1, 0.15) is 22.1 Å². The molecule has 1 atom stereocenters. The Labute approximate surface area is 256 Å². The minimum atomic E-state index is -0.297. The third-order valence-electron chi connectivity index (χ3n) is 6.86. The van der Waals surface area contributed by atoms with Crippen LogP contribution < -0.4 is 15.0 Å². The summed E-state index contributed by atoms with van der Waals surface area (Å²) in [6.07, 6.45) is 1.68. The second-order valence-electron chi connectivity index (χ2n) is 9.53. The number of pyridine rings is 1. The molecule has 0 saturated carbocycles. The number of nitrogens with zero attached hydrogens (tertiary/aromatic N) is 4. The Morgan fingerprint density at radius 2 is 1.90 bits per heavy atom. The summed E-state index contributed by atoms with van der Waals surface area (Å²) in [4.78, 5) is 33.0. The second-order valence-corrected chi connectivity index (χ2v) is 11.8. The molecule has 1 aliphatic heterocycles. The number of benzene rings is 2. The average Bonchev–Trinajstić information content (AvgIpc) is 3.67. The van der Waals surface area contributed by atoms with Crippen molar-refractivity contribution in [1.29, 1.82) is 0 Å². The first kappa shape index (κ1) is 28.0. The van der Waals surface area contributed by atoms with Crippen molar-refractivity contribution < 1.29 is 14.3 Å². The quantitative estimate of drug-likeness (QED) is 0.225. The SMILES string of the molecule is COc1ccc(-n2nc(-c3ccc(Cl)cc3)c3c2N(CC(=O)NCc2ccccn2)C(=O)CS[C@@H]3c2ccsc2)cc1. The van der Waals surface area contributed by atoms with E-state index in [-0.39, 0.29) is 35.9 Å². The van der Waals surface area contributed by atoms with Crippen LogP contribution in [0.3, 0.4) is 0 Å². The van der Waals surface area contributed by atoms with Crippen molar-refractivity contribution in [2.24, 2.45) is 0 Å². The van der Waals surface area contributed by atoms with Gasteiger partial charge in [-0.15, -0.1) is 11.8 Å². The number of fused-ring (bicyclic) bond motifs is 1. The molecule has 42 heavy (non-hydrogen) atoms. The molecule has 1 N–H and O–H groups in total. The molecule has 0 spiro atoms. The Bertz CT molecular complexity index is 1690. The summed E-state index contributed by atoms with van der Waals surface area (Å²) >= 11 is 9.38. The zero-order valence-electron chi connectivity index (χ0n) is 22.6. The van der Waals surface area contributed by atoms with Gasteiger partial charge in [0.15, 0.2) is 0 Å². The predicted molar refractivity (Wildman–Crippen MR) is 168 cm³/mol. The van der Waals surface area contributed by atoms with E-state index in [0.717, 1.165) is 33.8 Å². The van der Waals surface area contributed by atoms with Crippen molar-refractivity contribution in [2.45, 2.75) is 11.8 Å². The van der Waals surface area contributed by atoms with Crippen molar-refractivity contribution in [3.63, 3.8) is 0 Å². The Kier molecular flexibility index (Phi) is 8.27. The lowest BCUT2D eigenvalue weighted by Crippen LogP contribution is -2.42. The number of anilines is 1. The fourth-order valence-electron chi connectivity index (χ4n) is 4.82. The fourth-order valence-corrected chi connectivity index (χ4v) is 6.91. The van der Waals surface area contributed by atoms with Crippen LogP contribution in [0, 0.1) is 0 Å². The lowest BCUT2D eigenvalue weighted by Gasteiger charge is -2.23. The summed E-state index contributed by atoms with van der Waals surface area (Å²) in [7, 11) is 1.61. The highest BCUT2D eigenvalue weighted by Crippen LogP contribution is 2.49. The highest BCUT2D eigenvalue weighted by molar-refractivity contribution is 8.00. The van der Waals surface area contributed by atoms with Crippen LogP contribution in [0.25, 0.3) is 16.9 Å². The molecule has 5 aromatic rings. The summed E-state index contributed by atoms with van der Waals surface area (Å²) in [6, 6.07) is 22.6. The summed E-state index contributed by atoms with van der Waals surface area (Å²) < 4.78 is 7.13. The van der Waals surface area contributed by atoms with E-state index in [1.807, 2.05) is 72.1 Å². The Balaban J connectivity index is 1.50. The normalized spacial score (nSPS) is 14.8. The molecule has 0 unspecified atom stereocenters. The van der Waals surface area contributed by atoms with Gasteiger partial charge in [-0.1, -0.05) is 29.8 Å². The Morgan fingerprint density at radius 3 is 2.60 bits per heavy atom. The van der Waals surface area contributed by atoms with E-state index in [1.165, 1.54) is 11.8 Å². The number of hydrogen-bond donors (Lipinski definition) is 1. The van der Waals surface area contributed by atoms with Gasteiger partial charge in [-0.2, -0.15) is 16.4 Å². The number of methoxy groups -OCH3 is 1. The molecule has 0 fully saturated rings. The van der Waals surface area contributed by atoms with Gasteiger partial charge >= 0.3 is 0 Å². The van der Waals surface area contributed by atoms with E-state index >= 15 is 0 Å². The van der Waals surface area contributed by atoms with Crippen LogP contribution in [0.15, 0.2) is 89.8 Å². The van der Waals surface area contributed by atoms with Gasteiger partial charge in [-0.3, -0.25) is 19.5 Å². The smallest absolute Gasteiger partial charge is 0.240 e. The van der Waals surface area contributed by atoms with E-state index in [2.05, 4.69) is 21.7 Å². The molecule has 2 aromatic carbocycles. The van der Waals surface area contributed by atoms with Crippen molar-refractivity contribution in [3.8, 4) is 22.7 Å². The minimum absolute atomic E-state index is 0.169. The van der Waals surface area contributed by atoms with E-state index in [1.54, 1.807) is 34.2 Å². The molecular weight excluding hydrogens is 590 g/mol. The number of halogens is 1. The van der Waals surface area contributed by atoms with Crippen LogP contribution in [-0.4, -0.2) is 46.0 Å². The first-order valence-electron chi connectivity index (χ1n) is 13.2. The molecule has 0 bridgehead atoms. The minimum Gasteiger partial charge on any atom is -0.497 e. The third-order valence-corrected chi connectivity index (χ3v) is 9.07. The molecule has 8 nitrogen and oxygen atoms in total. The van der Waals surface area contributed by atoms with Gasteiger partial charge in [-0.25, -0.2) is 4.68 Å². The van der Waals surface area contributed by atoms with E-state index in [0.29, 0.717) is 16.6 Å². The number of carbonyl (C=O) groups is 2. The molecule has 6 rings (SSSR count). The van der Waals surface area contributed by atoms with E-state index in [9.17, 15) is 9.59 Å². The van der Waals surface area contributed by atoms with Crippen molar-refractivity contribution in [1.82, 2.24) is 20.1 Å². The molecule has 0 saturated heterocycles. The topological polar surface area (TPSA) is 89.3 Å². The van der Waals surface area contributed by atoms with Crippen molar-refractivity contribution in [2.75, 3.05) is 24.3 Å². The number of nitrogens with one attached hydrogen (secondary N) is 1. The van der Waals surface area contributed by atoms with Gasteiger partial charge in [0, 0.05) is 22.3 Å². The first-order valence-corrected chi connectivity index (χ1v) is 15.5. The van der Waals surface area contributed by atoms with E-state index in [4.69, 9.17) is 21.4 Å². The maximum absolute atomic E-state index is 13.8. The number of thiophene rings is 1. The molecule has 11 heteroatoms. The maximum atomic E-state index is 13.8. The second kappa shape index (κ2) is 12.4. The van der Waals surface area contributed by atoms with Crippen LogP contribution in [0.2, 0.25) is 5.02 Å². The molecule has 1 aliphatic rings. The zero-order valence-corrected chi connectivity index (χ0v) is 25.0. The standard InChI is InChI=1S/C31H26ClN5O3S2/c1-40-25-11-9-24(10-12-25)37-31-28(29(35-37)20-5-7-22(32)8-6-20)30(21-13-15-41-18-21)42-19-27(39)36(31)17-26(38)34-16-23-4-2-3-14-33-23/h2-15,18,30H,16-17,19H2,1H3,(H,34,38)/t30-/m1/s1. The summed E-state index contributed by atoms with van der Waals surface area (Å²) in [5.41, 5.74) is 4.97. The molecule has 3 aromatic heterocycles. The predicted octanol–water partition coefficient (Wildman–Crippen LogP) is 6.14. The van der Waals surface area contributed by atoms with Gasteiger partial charge in [0.2, 0.25) is 11.8 Å². The summed E-state index contributed by atoms with van der Waals surface area (Å²) in [5, 5.41) is 12.6. The number of thioether (sulfide) groups is 1. The van der Waals surface area contributed by atoms with Gasteiger partial charge < -0.3 is 10.1 Å². The largest absolute Gasteiger partial charge is 0.497 e. The van der Waals surface area contributed by atoms with Crippen molar-refractivity contribution >= 4 is 52.3 Å². The fraction of sp³-hybridized carbons (Fsp3) is 0.161. The van der Waals surface area contributed by atoms with Gasteiger partial charge in [0.25, 0.3) is 0 Å². The zero-order chi connectivity index (χ0) is 29.1. The number of amides is 2. The van der Waals surface area contributed by atoms with Gasteiger partial charge in [-0.05, 0) is 70.9 Å². The van der Waals surface area contributed by atoms with Gasteiger partial charge in [0.1, 0.15) is 18.1 Å². The van der Waals surface area contributed by atoms with E-state index < -0.39 is 0 Å². The highest BCUT2D eigenvalue weighted by atomic mass is 35.5. The average molecular weight is 616 g/mol. The van der Waals surface area contributed by atoms with Crippen LogP contribution in [0.5, 0.6) is 5.75 Å². The van der Waals surface area contributed by atoms with Crippen LogP contribution in [0.4, 0.5) is 5.82 Å². The third kappa shape index (κ3) is 5.78. The molecule has 0 radical (unpaired) electrons. The number of ether oxygens (including phenoxy) is 1. The maximum Gasteiger partial charge on any atom is 0.240 e. The summed E-state index contributed by atoms with van der Waals surface area (Å²) in [6.45, 7) is 0.0894. The van der Waals surface area contributed by atoms with Crippen LogP contribution in [-0.2, 0) is 16.1 Å². The number of rotatable bonds is 8. The monoisotopic (exact) mass is 615 g/mol. The molecule has 4 heterocycles. The molecular formula is C31H26ClN5O3S2. The Hall–Kier alpha value is -4.12. The Morgan fingerprint density at radius 1 is 1.10 bits per heavy atom.